The summed E-state index contributed by atoms with van der Waals surface area (Å²) in [6.07, 6.45) is 0. The Morgan fingerprint density at radius 2 is 0.742 bits per heavy atom. The molecule has 0 atom stereocenters. The minimum absolute atomic E-state index is 0.0457. The van der Waals surface area contributed by atoms with Gasteiger partial charge in [-0.25, -0.2) is 0 Å². The largest absolute Gasteiger partial charge is 0.311 e. The summed E-state index contributed by atoms with van der Waals surface area (Å²) >= 11 is 0. The third-order valence-electron chi connectivity index (χ3n) is 13.5. The minimum Gasteiger partial charge on any atom is -0.311 e. The van der Waals surface area contributed by atoms with Crippen LogP contribution in [-0.4, -0.2) is 0 Å². The van der Waals surface area contributed by atoms with Crippen molar-refractivity contribution in [3.63, 3.8) is 0 Å². The highest BCUT2D eigenvalue weighted by Crippen LogP contribution is 2.50. The van der Waals surface area contributed by atoms with Gasteiger partial charge in [-0.3, -0.25) is 0 Å². The van der Waals surface area contributed by atoms with Crippen LogP contribution in [0.5, 0.6) is 0 Å². The molecule has 11 aromatic rings. The molecule has 0 heterocycles. The molecule has 11 aromatic carbocycles. The van der Waals surface area contributed by atoms with Crippen molar-refractivity contribution in [2.75, 3.05) is 4.90 Å². The maximum atomic E-state index is 2.41. The second-order valence-electron chi connectivity index (χ2n) is 17.3. The van der Waals surface area contributed by atoms with Crippen LogP contribution in [0, 0.1) is 0 Å². The first kappa shape index (κ1) is 36.1. The maximum absolute atomic E-state index is 2.41. The standard InChI is InChI=1S/C61H43N/c1-61(2)59-21-10-9-18-56(59)57-37-29-44(39-60(57)61)40-22-30-46(31-23-40)62(47-32-24-42(25-33-47)50-19-11-20-53-49-14-5-3-12-41(49)28-36-55(50)53)48-34-26-43(27-35-48)58-38-45-13-4-6-15-51(45)52-16-7-8-17-54(52)58/h3-39H,1-2H3. The van der Waals surface area contributed by atoms with E-state index in [0.717, 1.165) is 17.1 Å². The highest BCUT2D eigenvalue weighted by Gasteiger charge is 2.35. The second-order valence-corrected chi connectivity index (χ2v) is 17.3. The molecule has 1 heteroatoms. The summed E-state index contributed by atoms with van der Waals surface area (Å²) in [5, 5.41) is 10.2. The normalized spacial score (nSPS) is 12.8. The Labute approximate surface area is 362 Å². The summed E-state index contributed by atoms with van der Waals surface area (Å²) < 4.78 is 0. The molecule has 12 rings (SSSR count). The summed E-state index contributed by atoms with van der Waals surface area (Å²) in [5.41, 5.74) is 16.1. The fraction of sp³-hybridized carbons (Fsp3) is 0.0492. The quantitative estimate of drug-likeness (QED) is 0.152. The molecule has 0 aliphatic heterocycles. The topological polar surface area (TPSA) is 3.24 Å². The molecule has 0 bridgehead atoms. The van der Waals surface area contributed by atoms with Crippen LogP contribution in [0.15, 0.2) is 224 Å². The molecule has 0 unspecified atom stereocenters. The second kappa shape index (κ2) is 14.2. The predicted molar refractivity (Wildman–Crippen MR) is 265 cm³/mol. The Balaban J connectivity index is 0.945. The molecule has 0 spiro atoms. The van der Waals surface area contributed by atoms with Crippen LogP contribution in [0.25, 0.3) is 87.6 Å². The lowest BCUT2D eigenvalue weighted by molar-refractivity contribution is 0.660. The van der Waals surface area contributed by atoms with Crippen molar-refractivity contribution in [3.8, 4) is 44.5 Å². The van der Waals surface area contributed by atoms with E-state index in [1.54, 1.807) is 0 Å². The fourth-order valence-corrected chi connectivity index (χ4v) is 10.3. The van der Waals surface area contributed by atoms with E-state index < -0.39 is 0 Å². The molecule has 0 fully saturated rings. The first-order valence-electron chi connectivity index (χ1n) is 21.7. The molecule has 0 saturated carbocycles. The van der Waals surface area contributed by atoms with Crippen LogP contribution in [-0.2, 0) is 5.41 Å². The average Bonchev–Trinajstić information content (AvgIpc) is 3.57. The van der Waals surface area contributed by atoms with E-state index in [4.69, 9.17) is 0 Å². The summed E-state index contributed by atoms with van der Waals surface area (Å²) in [5.74, 6) is 0. The van der Waals surface area contributed by atoms with Crippen molar-refractivity contribution in [1.29, 1.82) is 0 Å². The predicted octanol–water partition coefficient (Wildman–Crippen LogP) is 17.1. The van der Waals surface area contributed by atoms with Crippen LogP contribution in [0.3, 0.4) is 0 Å². The smallest absolute Gasteiger partial charge is 0.0462 e. The molecule has 0 N–H and O–H groups in total. The van der Waals surface area contributed by atoms with Gasteiger partial charge in [0.1, 0.15) is 0 Å². The van der Waals surface area contributed by atoms with Crippen molar-refractivity contribution in [2.24, 2.45) is 0 Å². The molecule has 62 heavy (non-hydrogen) atoms. The molecular weight excluding hydrogens is 747 g/mol. The highest BCUT2D eigenvalue weighted by atomic mass is 15.1. The maximum Gasteiger partial charge on any atom is 0.0462 e. The van der Waals surface area contributed by atoms with Gasteiger partial charge in [0.2, 0.25) is 0 Å². The summed E-state index contributed by atoms with van der Waals surface area (Å²) in [7, 11) is 0. The highest BCUT2D eigenvalue weighted by molar-refractivity contribution is 6.14. The van der Waals surface area contributed by atoms with Crippen LogP contribution < -0.4 is 4.90 Å². The molecular formula is C61H43N. The molecule has 1 aliphatic carbocycles. The number of hydrogen-bond acceptors (Lipinski definition) is 1. The lowest BCUT2D eigenvalue weighted by Crippen LogP contribution is -2.14. The lowest BCUT2D eigenvalue weighted by Gasteiger charge is -2.26. The molecule has 0 amide bonds. The zero-order chi connectivity index (χ0) is 41.4. The van der Waals surface area contributed by atoms with Crippen molar-refractivity contribution in [3.05, 3.63) is 236 Å². The van der Waals surface area contributed by atoms with E-state index in [-0.39, 0.29) is 5.41 Å². The van der Waals surface area contributed by atoms with Crippen molar-refractivity contribution in [2.45, 2.75) is 19.3 Å². The molecule has 0 aromatic heterocycles. The van der Waals surface area contributed by atoms with Gasteiger partial charge >= 0.3 is 0 Å². The number of rotatable bonds is 6. The van der Waals surface area contributed by atoms with E-state index in [1.807, 2.05) is 0 Å². The molecule has 1 aliphatic rings. The minimum atomic E-state index is -0.0457. The number of anilines is 3. The van der Waals surface area contributed by atoms with E-state index in [0.29, 0.717) is 0 Å². The van der Waals surface area contributed by atoms with E-state index in [9.17, 15) is 0 Å². The first-order valence-corrected chi connectivity index (χ1v) is 21.7. The van der Waals surface area contributed by atoms with Gasteiger partial charge in [0.15, 0.2) is 0 Å². The van der Waals surface area contributed by atoms with Crippen LogP contribution >= 0.6 is 0 Å². The Morgan fingerprint density at radius 3 is 1.44 bits per heavy atom. The first-order chi connectivity index (χ1) is 30.5. The summed E-state index contributed by atoms with van der Waals surface area (Å²) in [4.78, 5) is 2.38. The van der Waals surface area contributed by atoms with Gasteiger partial charge in [0.05, 0.1) is 0 Å². The SMILES string of the molecule is CC1(C)c2ccccc2-c2ccc(-c3ccc(N(c4ccc(-c5cccc6c5ccc5ccccc56)cc4)c4ccc(-c5cc6ccccc6c6ccccc56)cc4)cc3)cc21. The lowest BCUT2D eigenvalue weighted by atomic mass is 9.81. The van der Waals surface area contributed by atoms with Gasteiger partial charge in [-0.15, -0.1) is 0 Å². The monoisotopic (exact) mass is 789 g/mol. The molecule has 1 nitrogen and oxygen atoms in total. The van der Waals surface area contributed by atoms with Gasteiger partial charge in [-0.1, -0.05) is 190 Å². The van der Waals surface area contributed by atoms with Crippen molar-refractivity contribution >= 4 is 60.2 Å². The number of hydrogen-bond donors (Lipinski definition) is 0. The third-order valence-corrected chi connectivity index (χ3v) is 13.5. The van der Waals surface area contributed by atoms with Crippen molar-refractivity contribution < 1.29 is 0 Å². The summed E-state index contributed by atoms with van der Waals surface area (Å²) in [6, 6.07) is 82.9. The van der Waals surface area contributed by atoms with Crippen LogP contribution in [0.2, 0.25) is 0 Å². The summed E-state index contributed by atoms with van der Waals surface area (Å²) in [6.45, 7) is 4.70. The van der Waals surface area contributed by atoms with E-state index in [1.165, 1.54) is 98.7 Å². The number of benzene rings is 11. The number of fused-ring (bicyclic) bond motifs is 9. The van der Waals surface area contributed by atoms with Gasteiger partial charge in [0, 0.05) is 22.5 Å². The zero-order valence-corrected chi connectivity index (χ0v) is 34.8. The van der Waals surface area contributed by atoms with Gasteiger partial charge in [-0.2, -0.15) is 0 Å². The fourth-order valence-electron chi connectivity index (χ4n) is 10.3. The van der Waals surface area contributed by atoms with Gasteiger partial charge < -0.3 is 4.90 Å². The van der Waals surface area contributed by atoms with Gasteiger partial charge in [0.25, 0.3) is 0 Å². The van der Waals surface area contributed by atoms with E-state index >= 15 is 0 Å². The molecule has 0 saturated heterocycles. The van der Waals surface area contributed by atoms with Gasteiger partial charge in [-0.05, 0) is 147 Å². The third kappa shape index (κ3) is 5.77. The molecule has 292 valence electrons. The molecule has 0 radical (unpaired) electrons. The number of nitrogens with zero attached hydrogens (tertiary/aromatic N) is 1. The van der Waals surface area contributed by atoms with Crippen LogP contribution in [0.4, 0.5) is 17.1 Å². The Kier molecular flexibility index (Phi) is 8.27. The Hall–Kier alpha value is -7.74. The van der Waals surface area contributed by atoms with Crippen LogP contribution in [0.1, 0.15) is 25.0 Å². The zero-order valence-electron chi connectivity index (χ0n) is 34.8. The Bertz CT molecular complexity index is 3520. The Morgan fingerprint density at radius 1 is 0.274 bits per heavy atom. The van der Waals surface area contributed by atoms with E-state index in [2.05, 4.69) is 243 Å². The van der Waals surface area contributed by atoms with Crippen molar-refractivity contribution in [1.82, 2.24) is 0 Å². The average molecular weight is 790 g/mol.